The highest BCUT2D eigenvalue weighted by molar-refractivity contribution is 6.35. The zero-order valence-corrected chi connectivity index (χ0v) is 9.30. The van der Waals surface area contributed by atoms with Crippen LogP contribution in [-0.4, -0.2) is 30.1 Å². The number of carbonyl (C=O) groups is 1. The molecule has 0 unspecified atom stereocenters. The summed E-state index contributed by atoms with van der Waals surface area (Å²) >= 11 is 0. The second-order valence-corrected chi connectivity index (χ2v) is 3.99. The highest BCUT2D eigenvalue weighted by Gasteiger charge is 2.07. The van der Waals surface area contributed by atoms with Crippen LogP contribution in [0, 0.1) is 0 Å². The third kappa shape index (κ3) is 2.92. The fraction of sp³-hybridized carbons (Fsp3) is 0.385. The Morgan fingerprint density at radius 2 is 1.81 bits per heavy atom. The Kier molecular flexibility index (Phi) is 3.70. The maximum absolute atomic E-state index is 11.7. The summed E-state index contributed by atoms with van der Waals surface area (Å²) < 4.78 is 0. The van der Waals surface area contributed by atoms with Crippen molar-refractivity contribution in [3.8, 4) is 0 Å². The lowest BCUT2D eigenvalue weighted by Gasteiger charge is -2.22. The van der Waals surface area contributed by atoms with Crippen molar-refractivity contribution in [2.45, 2.75) is 19.3 Å². The van der Waals surface area contributed by atoms with Crippen molar-refractivity contribution in [3.63, 3.8) is 0 Å². The van der Waals surface area contributed by atoms with Gasteiger partial charge in [0, 0.05) is 18.7 Å². The third-order valence-corrected chi connectivity index (χ3v) is 2.73. The van der Waals surface area contributed by atoms with E-state index in [0.29, 0.717) is 5.56 Å². The molecule has 84 valence electrons. The van der Waals surface area contributed by atoms with Crippen LogP contribution in [-0.2, 0) is 0 Å². The molecule has 0 spiro atoms. The molecular formula is C13H16N2O. The summed E-state index contributed by atoms with van der Waals surface area (Å²) in [6, 6.07) is 9.25. The molecule has 1 aliphatic heterocycles. The molecule has 1 heterocycles. The molecule has 0 atom stereocenters. The second kappa shape index (κ2) is 5.45. The Morgan fingerprint density at radius 1 is 1.12 bits per heavy atom. The van der Waals surface area contributed by atoms with Gasteiger partial charge in [-0.1, -0.05) is 30.3 Å². The standard InChI is InChI=1S/C13H16N2O/c16-13(12-7-3-1-4-8-12)11-14-15-9-5-2-6-10-15/h1,3-4,7-8,11H,2,5-6,9-10H2/b14-11+. The van der Waals surface area contributed by atoms with Crippen molar-refractivity contribution in [2.75, 3.05) is 13.1 Å². The number of rotatable bonds is 3. The van der Waals surface area contributed by atoms with Gasteiger partial charge in [-0.05, 0) is 19.3 Å². The number of Topliss-reactive ketones (excluding diaryl/α,β-unsaturated/α-hetero) is 1. The molecular weight excluding hydrogens is 200 g/mol. The minimum absolute atomic E-state index is 0.0221. The summed E-state index contributed by atoms with van der Waals surface area (Å²) in [5.41, 5.74) is 0.697. The molecule has 1 aromatic carbocycles. The predicted molar refractivity (Wildman–Crippen MR) is 64.7 cm³/mol. The molecule has 1 fully saturated rings. The van der Waals surface area contributed by atoms with Crippen molar-refractivity contribution in [2.24, 2.45) is 5.10 Å². The first-order valence-electron chi connectivity index (χ1n) is 5.74. The normalized spacial score (nSPS) is 16.6. The van der Waals surface area contributed by atoms with Gasteiger partial charge in [-0.15, -0.1) is 0 Å². The molecule has 0 N–H and O–H groups in total. The van der Waals surface area contributed by atoms with E-state index in [1.54, 1.807) is 0 Å². The fourth-order valence-corrected chi connectivity index (χ4v) is 1.80. The number of piperidine rings is 1. The zero-order valence-electron chi connectivity index (χ0n) is 9.30. The molecule has 0 aromatic heterocycles. The highest BCUT2D eigenvalue weighted by atomic mass is 16.1. The Morgan fingerprint density at radius 3 is 2.50 bits per heavy atom. The minimum Gasteiger partial charge on any atom is -0.297 e. The average Bonchev–Trinajstić information content (AvgIpc) is 2.38. The molecule has 3 heteroatoms. The molecule has 2 rings (SSSR count). The van der Waals surface area contributed by atoms with Crippen LogP contribution in [0.25, 0.3) is 0 Å². The maximum atomic E-state index is 11.7. The molecule has 16 heavy (non-hydrogen) atoms. The van der Waals surface area contributed by atoms with Gasteiger partial charge in [0.15, 0.2) is 0 Å². The van der Waals surface area contributed by atoms with Crippen molar-refractivity contribution in [1.29, 1.82) is 0 Å². The summed E-state index contributed by atoms with van der Waals surface area (Å²) in [6.07, 6.45) is 5.06. The molecule has 0 radical (unpaired) electrons. The number of hydrogen-bond donors (Lipinski definition) is 0. The lowest BCUT2D eigenvalue weighted by molar-refractivity contribution is 0.106. The van der Waals surface area contributed by atoms with Crippen LogP contribution in [0.2, 0.25) is 0 Å². The predicted octanol–water partition coefficient (Wildman–Crippen LogP) is 2.34. The molecule has 0 bridgehead atoms. The highest BCUT2D eigenvalue weighted by Crippen LogP contribution is 2.08. The SMILES string of the molecule is O=C(/C=N/N1CCCCC1)c1ccccc1. The lowest BCUT2D eigenvalue weighted by Crippen LogP contribution is -2.25. The van der Waals surface area contributed by atoms with Crippen LogP contribution in [0.15, 0.2) is 35.4 Å². The van der Waals surface area contributed by atoms with E-state index in [1.807, 2.05) is 35.3 Å². The summed E-state index contributed by atoms with van der Waals surface area (Å²) in [6.45, 7) is 1.94. The van der Waals surface area contributed by atoms with Crippen LogP contribution < -0.4 is 0 Å². The van der Waals surface area contributed by atoms with Gasteiger partial charge in [0.2, 0.25) is 5.78 Å². The van der Waals surface area contributed by atoms with Gasteiger partial charge in [-0.25, -0.2) is 0 Å². The first kappa shape index (κ1) is 10.9. The van der Waals surface area contributed by atoms with E-state index in [1.165, 1.54) is 25.5 Å². The van der Waals surface area contributed by atoms with Gasteiger partial charge >= 0.3 is 0 Å². The number of benzene rings is 1. The van der Waals surface area contributed by atoms with Gasteiger partial charge in [-0.2, -0.15) is 5.10 Å². The van der Waals surface area contributed by atoms with Crippen LogP contribution >= 0.6 is 0 Å². The van der Waals surface area contributed by atoms with E-state index in [-0.39, 0.29) is 5.78 Å². The Bertz CT molecular complexity index is 367. The van der Waals surface area contributed by atoms with Gasteiger partial charge in [0.05, 0.1) is 6.21 Å². The van der Waals surface area contributed by atoms with Gasteiger partial charge in [-0.3, -0.25) is 9.80 Å². The van der Waals surface area contributed by atoms with E-state index in [0.717, 1.165) is 13.1 Å². The maximum Gasteiger partial charge on any atom is 0.205 e. The van der Waals surface area contributed by atoms with E-state index in [4.69, 9.17) is 0 Å². The largest absolute Gasteiger partial charge is 0.297 e. The summed E-state index contributed by atoms with van der Waals surface area (Å²) in [4.78, 5) is 11.7. The van der Waals surface area contributed by atoms with Crippen molar-refractivity contribution < 1.29 is 4.79 Å². The third-order valence-electron chi connectivity index (χ3n) is 2.73. The number of hydrogen-bond acceptors (Lipinski definition) is 3. The Labute approximate surface area is 95.8 Å². The van der Waals surface area contributed by atoms with Crippen LogP contribution in [0.1, 0.15) is 29.6 Å². The molecule has 1 aromatic rings. The van der Waals surface area contributed by atoms with Crippen molar-refractivity contribution >= 4 is 12.0 Å². The number of ketones is 1. The molecule has 0 saturated carbocycles. The summed E-state index contributed by atoms with van der Waals surface area (Å²) in [7, 11) is 0. The van der Waals surface area contributed by atoms with Crippen LogP contribution in [0.4, 0.5) is 0 Å². The van der Waals surface area contributed by atoms with Gasteiger partial charge < -0.3 is 0 Å². The van der Waals surface area contributed by atoms with Crippen LogP contribution in [0.5, 0.6) is 0 Å². The van der Waals surface area contributed by atoms with E-state index >= 15 is 0 Å². The lowest BCUT2D eigenvalue weighted by atomic mass is 10.1. The van der Waals surface area contributed by atoms with Crippen molar-refractivity contribution in [3.05, 3.63) is 35.9 Å². The average molecular weight is 216 g/mol. The smallest absolute Gasteiger partial charge is 0.205 e. The fourth-order valence-electron chi connectivity index (χ4n) is 1.80. The van der Waals surface area contributed by atoms with Crippen molar-refractivity contribution in [1.82, 2.24) is 5.01 Å². The second-order valence-electron chi connectivity index (χ2n) is 3.99. The summed E-state index contributed by atoms with van der Waals surface area (Å²) in [5.74, 6) is -0.0221. The van der Waals surface area contributed by atoms with Crippen LogP contribution in [0.3, 0.4) is 0 Å². The minimum atomic E-state index is -0.0221. The molecule has 0 amide bonds. The molecule has 3 nitrogen and oxygen atoms in total. The molecule has 0 aliphatic carbocycles. The Balaban J connectivity index is 1.94. The van der Waals surface area contributed by atoms with E-state index in [9.17, 15) is 4.79 Å². The summed E-state index contributed by atoms with van der Waals surface area (Å²) in [5, 5.41) is 6.19. The van der Waals surface area contributed by atoms with E-state index in [2.05, 4.69) is 5.10 Å². The number of hydrazone groups is 1. The molecule has 1 saturated heterocycles. The first-order chi connectivity index (χ1) is 7.86. The van der Waals surface area contributed by atoms with Gasteiger partial charge in [0.25, 0.3) is 0 Å². The van der Waals surface area contributed by atoms with E-state index < -0.39 is 0 Å². The number of carbonyl (C=O) groups excluding carboxylic acids is 1. The quantitative estimate of drug-likeness (QED) is 0.574. The van der Waals surface area contributed by atoms with Gasteiger partial charge in [0.1, 0.15) is 0 Å². The topological polar surface area (TPSA) is 32.7 Å². The zero-order chi connectivity index (χ0) is 11.2. The Hall–Kier alpha value is -1.64. The monoisotopic (exact) mass is 216 g/mol. The molecule has 1 aliphatic rings. The first-order valence-corrected chi connectivity index (χ1v) is 5.74. The number of nitrogens with zero attached hydrogens (tertiary/aromatic N) is 2.